The first-order valence-corrected chi connectivity index (χ1v) is 8.34. The normalized spacial score (nSPS) is 25.2. The zero-order valence-corrected chi connectivity index (χ0v) is 14.2. The molecule has 0 saturated carbocycles. The first-order valence-electron chi connectivity index (χ1n) is 8.34. The molecule has 0 aliphatic carbocycles. The summed E-state index contributed by atoms with van der Waals surface area (Å²) in [5, 5.41) is 34.2. The SMILES string of the molecule is OCC1OC(c2ncn[nH]2)CC(n2cc(-c3cc(F)c(F)c(F)c3)nn2)C1O. The van der Waals surface area contributed by atoms with E-state index in [1.807, 2.05) is 0 Å². The number of benzene rings is 1. The smallest absolute Gasteiger partial charge is 0.194 e. The van der Waals surface area contributed by atoms with Crippen LogP contribution in [0.2, 0.25) is 0 Å². The van der Waals surface area contributed by atoms with Crippen LogP contribution in [0.4, 0.5) is 13.2 Å². The van der Waals surface area contributed by atoms with Crippen molar-refractivity contribution in [3.8, 4) is 11.3 Å². The lowest BCUT2D eigenvalue weighted by Crippen LogP contribution is -2.45. The van der Waals surface area contributed by atoms with Gasteiger partial charge in [-0.05, 0) is 12.1 Å². The van der Waals surface area contributed by atoms with Crippen LogP contribution in [-0.2, 0) is 4.74 Å². The van der Waals surface area contributed by atoms with Crippen LogP contribution in [0.3, 0.4) is 0 Å². The van der Waals surface area contributed by atoms with E-state index in [2.05, 4.69) is 25.5 Å². The average molecular weight is 396 g/mol. The monoisotopic (exact) mass is 396 g/mol. The van der Waals surface area contributed by atoms with Crippen molar-refractivity contribution < 1.29 is 28.1 Å². The fourth-order valence-electron chi connectivity index (χ4n) is 3.19. The molecular weight excluding hydrogens is 381 g/mol. The number of halogens is 3. The van der Waals surface area contributed by atoms with Gasteiger partial charge in [0.1, 0.15) is 30.3 Å². The van der Waals surface area contributed by atoms with Crippen LogP contribution in [0.1, 0.15) is 24.4 Å². The summed E-state index contributed by atoms with van der Waals surface area (Å²) in [4.78, 5) is 4.02. The molecule has 0 bridgehead atoms. The number of nitrogens with zero attached hydrogens (tertiary/aromatic N) is 5. The van der Waals surface area contributed by atoms with Crippen LogP contribution >= 0.6 is 0 Å². The van der Waals surface area contributed by atoms with Crippen molar-refractivity contribution in [2.24, 2.45) is 0 Å². The number of hydrogen-bond acceptors (Lipinski definition) is 7. The molecule has 1 aromatic carbocycles. The van der Waals surface area contributed by atoms with Crippen LogP contribution in [0, 0.1) is 17.5 Å². The van der Waals surface area contributed by atoms with Crippen molar-refractivity contribution in [2.75, 3.05) is 6.61 Å². The summed E-state index contributed by atoms with van der Waals surface area (Å²) in [6.45, 7) is -0.446. The first kappa shape index (κ1) is 18.5. The molecule has 3 heterocycles. The van der Waals surface area contributed by atoms with Crippen molar-refractivity contribution in [1.82, 2.24) is 30.2 Å². The summed E-state index contributed by atoms with van der Waals surface area (Å²) in [5.41, 5.74) is 0.0861. The minimum absolute atomic E-state index is 0.00491. The molecule has 28 heavy (non-hydrogen) atoms. The molecule has 1 fully saturated rings. The van der Waals surface area contributed by atoms with Crippen LogP contribution < -0.4 is 0 Å². The molecule has 4 unspecified atom stereocenters. The molecule has 1 saturated heterocycles. The van der Waals surface area contributed by atoms with Crippen LogP contribution in [0.25, 0.3) is 11.3 Å². The summed E-state index contributed by atoms with van der Waals surface area (Å²) < 4.78 is 47.1. The largest absolute Gasteiger partial charge is 0.394 e. The zero-order chi connectivity index (χ0) is 19.8. The number of ether oxygens (including phenoxy) is 1. The van der Waals surface area contributed by atoms with Gasteiger partial charge in [-0.3, -0.25) is 5.10 Å². The predicted octanol–water partition coefficient (Wildman–Crippen LogP) is 0.905. The summed E-state index contributed by atoms with van der Waals surface area (Å²) in [7, 11) is 0. The number of H-pyrrole nitrogens is 1. The second-order valence-electron chi connectivity index (χ2n) is 6.35. The van der Waals surface area contributed by atoms with Gasteiger partial charge in [-0.1, -0.05) is 5.21 Å². The third-order valence-corrected chi connectivity index (χ3v) is 4.62. The van der Waals surface area contributed by atoms with Gasteiger partial charge < -0.3 is 14.9 Å². The van der Waals surface area contributed by atoms with E-state index in [1.165, 1.54) is 17.2 Å². The molecule has 3 aromatic rings. The van der Waals surface area contributed by atoms with E-state index in [1.54, 1.807) is 0 Å². The van der Waals surface area contributed by atoms with Crippen LogP contribution in [0.15, 0.2) is 24.7 Å². The molecule has 12 heteroatoms. The van der Waals surface area contributed by atoms with Gasteiger partial charge in [0, 0.05) is 12.0 Å². The van der Waals surface area contributed by atoms with E-state index in [4.69, 9.17) is 4.74 Å². The highest BCUT2D eigenvalue weighted by molar-refractivity contribution is 5.57. The molecule has 4 atom stereocenters. The Labute approximate surface area is 155 Å². The van der Waals surface area contributed by atoms with Crippen molar-refractivity contribution in [3.05, 3.63) is 47.9 Å². The van der Waals surface area contributed by atoms with Crippen molar-refractivity contribution in [3.63, 3.8) is 0 Å². The molecule has 4 rings (SSSR count). The standard InChI is InChI=1S/C16H15F3N6O3/c17-8-1-7(2-9(18)14(8)19)10-4-25(24-22-10)11-3-12(16-20-6-21-23-16)28-13(5-26)15(11)27/h1-2,4,6,11-13,15,26-27H,3,5H2,(H,20,21,23). The van der Waals surface area contributed by atoms with Gasteiger partial charge in [0.05, 0.1) is 18.8 Å². The highest BCUT2D eigenvalue weighted by atomic mass is 19.2. The first-order chi connectivity index (χ1) is 13.5. The highest BCUT2D eigenvalue weighted by Gasteiger charge is 2.40. The van der Waals surface area contributed by atoms with Crippen LogP contribution in [-0.4, -0.2) is 59.2 Å². The fraction of sp³-hybridized carbons (Fsp3) is 0.375. The van der Waals surface area contributed by atoms with Gasteiger partial charge in [0.2, 0.25) is 0 Å². The van der Waals surface area contributed by atoms with Gasteiger partial charge in [-0.15, -0.1) is 5.10 Å². The second-order valence-corrected chi connectivity index (χ2v) is 6.35. The number of hydrogen-bond donors (Lipinski definition) is 3. The third kappa shape index (κ3) is 3.25. The lowest BCUT2D eigenvalue weighted by Gasteiger charge is -2.37. The van der Waals surface area contributed by atoms with E-state index in [-0.39, 0.29) is 17.7 Å². The van der Waals surface area contributed by atoms with E-state index in [0.717, 1.165) is 12.1 Å². The number of aliphatic hydroxyl groups excluding tert-OH is 2. The highest BCUT2D eigenvalue weighted by Crippen LogP contribution is 2.36. The number of aromatic amines is 1. The summed E-state index contributed by atoms with van der Waals surface area (Å²) in [6, 6.07) is 0.944. The second kappa shape index (κ2) is 7.30. The lowest BCUT2D eigenvalue weighted by atomic mass is 9.95. The summed E-state index contributed by atoms with van der Waals surface area (Å²) in [6.07, 6.45) is 0.265. The van der Waals surface area contributed by atoms with Gasteiger partial charge >= 0.3 is 0 Å². The molecular formula is C16H15F3N6O3. The topological polar surface area (TPSA) is 122 Å². The van der Waals surface area contributed by atoms with Crippen molar-refractivity contribution in [1.29, 1.82) is 0 Å². The molecule has 1 aliphatic rings. The molecule has 2 aromatic heterocycles. The Bertz CT molecular complexity index is 943. The Kier molecular flexibility index (Phi) is 4.83. The van der Waals surface area contributed by atoms with Crippen molar-refractivity contribution in [2.45, 2.75) is 30.8 Å². The van der Waals surface area contributed by atoms with Gasteiger partial charge in [0.25, 0.3) is 0 Å². The summed E-state index contributed by atoms with van der Waals surface area (Å²) >= 11 is 0. The summed E-state index contributed by atoms with van der Waals surface area (Å²) in [5.74, 6) is -3.85. The van der Waals surface area contributed by atoms with E-state index >= 15 is 0 Å². The Morgan fingerprint density at radius 1 is 1.25 bits per heavy atom. The van der Waals surface area contributed by atoms with E-state index in [0.29, 0.717) is 5.82 Å². The molecule has 0 radical (unpaired) electrons. The Morgan fingerprint density at radius 3 is 2.64 bits per heavy atom. The minimum atomic E-state index is -1.57. The van der Waals surface area contributed by atoms with Gasteiger partial charge in [-0.25, -0.2) is 22.8 Å². The maximum absolute atomic E-state index is 13.5. The molecule has 9 nitrogen and oxygen atoms in total. The number of nitrogens with one attached hydrogen (secondary N) is 1. The average Bonchev–Trinajstić information content (AvgIpc) is 3.38. The maximum Gasteiger partial charge on any atom is 0.194 e. The fourth-order valence-corrected chi connectivity index (χ4v) is 3.19. The lowest BCUT2D eigenvalue weighted by molar-refractivity contribution is -0.160. The zero-order valence-electron chi connectivity index (χ0n) is 14.2. The molecule has 1 aliphatic heterocycles. The van der Waals surface area contributed by atoms with Crippen LogP contribution in [0.5, 0.6) is 0 Å². The quantitative estimate of drug-likeness (QED) is 0.560. The van der Waals surface area contributed by atoms with E-state index < -0.39 is 48.4 Å². The van der Waals surface area contributed by atoms with Gasteiger partial charge in [0.15, 0.2) is 23.3 Å². The number of aromatic nitrogens is 6. The predicted molar refractivity (Wildman–Crippen MR) is 86.1 cm³/mol. The molecule has 0 spiro atoms. The third-order valence-electron chi connectivity index (χ3n) is 4.62. The molecule has 0 amide bonds. The minimum Gasteiger partial charge on any atom is -0.394 e. The van der Waals surface area contributed by atoms with E-state index in [9.17, 15) is 23.4 Å². The maximum atomic E-state index is 13.5. The Balaban J connectivity index is 1.64. The number of rotatable bonds is 4. The molecule has 148 valence electrons. The van der Waals surface area contributed by atoms with Crippen molar-refractivity contribution >= 4 is 0 Å². The van der Waals surface area contributed by atoms with Gasteiger partial charge in [-0.2, -0.15) is 5.10 Å². The Hall–Kier alpha value is -2.83. The Morgan fingerprint density at radius 2 is 2.00 bits per heavy atom. The number of aliphatic hydroxyl groups is 2. The molecule has 3 N–H and O–H groups in total.